The van der Waals surface area contributed by atoms with Gasteiger partial charge >= 0.3 is 0 Å². The van der Waals surface area contributed by atoms with Crippen LogP contribution >= 0.6 is 34.4 Å². The SMILES string of the molecule is Cn1c(SCC(=O)Nc2ccccc2I)nnc1-c1ccccc1. The third kappa shape index (κ3) is 3.96. The lowest BCUT2D eigenvalue weighted by molar-refractivity contribution is -0.113. The molecular formula is C17H15IN4OS. The van der Waals surface area contributed by atoms with Crippen LogP contribution in [0.5, 0.6) is 0 Å². The summed E-state index contributed by atoms with van der Waals surface area (Å²) in [5.41, 5.74) is 1.83. The van der Waals surface area contributed by atoms with Gasteiger partial charge in [0.15, 0.2) is 11.0 Å². The molecule has 2 aromatic carbocycles. The number of hydrogen-bond acceptors (Lipinski definition) is 4. The number of benzene rings is 2. The van der Waals surface area contributed by atoms with Crippen LogP contribution in [0.25, 0.3) is 11.4 Å². The van der Waals surface area contributed by atoms with E-state index in [1.165, 1.54) is 11.8 Å². The summed E-state index contributed by atoms with van der Waals surface area (Å²) in [6.07, 6.45) is 0. The number of nitrogens with zero attached hydrogens (tertiary/aromatic N) is 3. The second kappa shape index (κ2) is 7.80. The molecule has 0 atom stereocenters. The fourth-order valence-corrected chi connectivity index (χ4v) is 3.39. The zero-order valence-corrected chi connectivity index (χ0v) is 15.9. The van der Waals surface area contributed by atoms with Crippen molar-refractivity contribution >= 4 is 45.9 Å². The monoisotopic (exact) mass is 450 g/mol. The molecule has 24 heavy (non-hydrogen) atoms. The maximum absolute atomic E-state index is 12.1. The van der Waals surface area contributed by atoms with E-state index in [1.54, 1.807) is 0 Å². The molecule has 0 radical (unpaired) electrons. The first-order valence-corrected chi connectivity index (χ1v) is 9.33. The maximum Gasteiger partial charge on any atom is 0.234 e. The summed E-state index contributed by atoms with van der Waals surface area (Å²) in [4.78, 5) is 12.1. The third-order valence-electron chi connectivity index (χ3n) is 3.35. The van der Waals surface area contributed by atoms with Crippen LogP contribution in [0.1, 0.15) is 0 Å². The molecule has 7 heteroatoms. The van der Waals surface area contributed by atoms with E-state index >= 15 is 0 Å². The number of hydrogen-bond donors (Lipinski definition) is 1. The van der Waals surface area contributed by atoms with Gasteiger partial charge in [-0.25, -0.2) is 0 Å². The summed E-state index contributed by atoms with van der Waals surface area (Å²) in [5, 5.41) is 12.0. The number of aromatic nitrogens is 3. The number of rotatable bonds is 5. The fourth-order valence-electron chi connectivity index (χ4n) is 2.16. The number of amides is 1. The highest BCUT2D eigenvalue weighted by Gasteiger charge is 2.13. The van der Waals surface area contributed by atoms with Crippen molar-refractivity contribution in [2.75, 3.05) is 11.1 Å². The zero-order chi connectivity index (χ0) is 16.9. The van der Waals surface area contributed by atoms with Crippen LogP contribution in [0.3, 0.4) is 0 Å². The second-order valence-electron chi connectivity index (χ2n) is 5.05. The van der Waals surface area contributed by atoms with Crippen molar-refractivity contribution < 1.29 is 4.79 Å². The quantitative estimate of drug-likeness (QED) is 0.475. The lowest BCUT2D eigenvalue weighted by Gasteiger charge is -2.07. The van der Waals surface area contributed by atoms with Gasteiger partial charge in [-0.05, 0) is 34.7 Å². The minimum atomic E-state index is -0.0617. The second-order valence-corrected chi connectivity index (χ2v) is 7.15. The molecule has 0 unspecified atom stereocenters. The fraction of sp³-hybridized carbons (Fsp3) is 0.118. The van der Waals surface area contributed by atoms with Gasteiger partial charge in [0.05, 0.1) is 11.4 Å². The average molecular weight is 450 g/mol. The molecule has 0 aliphatic rings. The highest BCUT2D eigenvalue weighted by molar-refractivity contribution is 14.1. The largest absolute Gasteiger partial charge is 0.324 e. The molecule has 1 amide bonds. The Kier molecular flexibility index (Phi) is 5.52. The lowest BCUT2D eigenvalue weighted by atomic mass is 10.2. The Balaban J connectivity index is 1.64. The van der Waals surface area contributed by atoms with Crippen molar-refractivity contribution in [2.45, 2.75) is 5.16 Å². The number of halogens is 1. The van der Waals surface area contributed by atoms with E-state index in [4.69, 9.17) is 0 Å². The van der Waals surface area contributed by atoms with Crippen LogP contribution < -0.4 is 5.32 Å². The summed E-state index contributed by atoms with van der Waals surface area (Å²) in [6.45, 7) is 0. The first-order chi connectivity index (χ1) is 11.6. The minimum absolute atomic E-state index is 0.0617. The van der Waals surface area contributed by atoms with E-state index in [9.17, 15) is 4.79 Å². The van der Waals surface area contributed by atoms with Gasteiger partial charge in [0.25, 0.3) is 0 Å². The smallest absolute Gasteiger partial charge is 0.234 e. The summed E-state index contributed by atoms with van der Waals surface area (Å²) in [5.74, 6) is 1.01. The van der Waals surface area contributed by atoms with Crippen molar-refractivity contribution in [3.63, 3.8) is 0 Å². The molecular weight excluding hydrogens is 435 g/mol. The van der Waals surface area contributed by atoms with Gasteiger partial charge in [-0.3, -0.25) is 4.79 Å². The predicted octanol–water partition coefficient (Wildman–Crippen LogP) is 3.82. The van der Waals surface area contributed by atoms with Crippen molar-refractivity contribution in [2.24, 2.45) is 7.05 Å². The highest BCUT2D eigenvalue weighted by atomic mass is 127. The summed E-state index contributed by atoms with van der Waals surface area (Å²) >= 11 is 3.57. The predicted molar refractivity (Wildman–Crippen MR) is 105 cm³/mol. The highest BCUT2D eigenvalue weighted by Crippen LogP contribution is 2.23. The molecule has 1 N–H and O–H groups in total. The van der Waals surface area contributed by atoms with E-state index in [2.05, 4.69) is 38.1 Å². The molecule has 0 spiro atoms. The van der Waals surface area contributed by atoms with E-state index in [0.717, 1.165) is 20.6 Å². The Labute approximate surface area is 158 Å². The minimum Gasteiger partial charge on any atom is -0.324 e. The number of thioether (sulfide) groups is 1. The van der Waals surface area contributed by atoms with Crippen molar-refractivity contribution in [3.05, 3.63) is 58.2 Å². The van der Waals surface area contributed by atoms with Crippen molar-refractivity contribution in [1.29, 1.82) is 0 Å². The molecule has 122 valence electrons. The summed E-state index contributed by atoms with van der Waals surface area (Å²) < 4.78 is 2.91. The van der Waals surface area contributed by atoms with Gasteiger partial charge in [0.2, 0.25) is 5.91 Å². The van der Waals surface area contributed by atoms with Crippen LogP contribution in [0.4, 0.5) is 5.69 Å². The molecule has 5 nitrogen and oxygen atoms in total. The number of para-hydroxylation sites is 1. The third-order valence-corrected chi connectivity index (χ3v) is 5.31. The molecule has 3 rings (SSSR count). The van der Waals surface area contributed by atoms with Crippen LogP contribution in [0.15, 0.2) is 59.8 Å². The molecule has 0 saturated heterocycles. The van der Waals surface area contributed by atoms with Crippen LogP contribution in [0.2, 0.25) is 0 Å². The average Bonchev–Trinajstić information content (AvgIpc) is 2.97. The van der Waals surface area contributed by atoms with Gasteiger partial charge in [-0.2, -0.15) is 0 Å². The number of carbonyl (C=O) groups is 1. The molecule has 0 aliphatic heterocycles. The number of anilines is 1. The topological polar surface area (TPSA) is 59.8 Å². The molecule has 1 heterocycles. The normalized spacial score (nSPS) is 10.6. The maximum atomic E-state index is 12.1. The van der Waals surface area contributed by atoms with Crippen LogP contribution in [0, 0.1) is 3.57 Å². The molecule has 1 aromatic heterocycles. The number of carbonyl (C=O) groups excluding carboxylic acids is 1. The lowest BCUT2D eigenvalue weighted by Crippen LogP contribution is -2.15. The van der Waals surface area contributed by atoms with Gasteiger partial charge in [0.1, 0.15) is 0 Å². The number of nitrogens with one attached hydrogen (secondary N) is 1. The van der Waals surface area contributed by atoms with E-state index < -0.39 is 0 Å². The molecule has 0 fully saturated rings. The summed E-state index contributed by atoms with van der Waals surface area (Å²) in [6, 6.07) is 17.6. The molecule has 0 saturated carbocycles. The van der Waals surface area contributed by atoms with Gasteiger partial charge in [-0.15, -0.1) is 10.2 Å². The molecule has 3 aromatic rings. The first-order valence-electron chi connectivity index (χ1n) is 7.27. The zero-order valence-electron chi connectivity index (χ0n) is 12.9. The Bertz CT molecular complexity index is 851. The van der Waals surface area contributed by atoms with E-state index in [1.807, 2.05) is 66.2 Å². The Morgan fingerprint density at radius 1 is 1.12 bits per heavy atom. The Morgan fingerprint density at radius 2 is 1.83 bits per heavy atom. The molecule has 0 bridgehead atoms. The van der Waals surface area contributed by atoms with Gasteiger partial charge in [0, 0.05) is 16.2 Å². The Morgan fingerprint density at radius 3 is 2.58 bits per heavy atom. The van der Waals surface area contributed by atoms with Crippen LogP contribution in [-0.4, -0.2) is 26.4 Å². The van der Waals surface area contributed by atoms with Crippen molar-refractivity contribution in [1.82, 2.24) is 14.8 Å². The standard InChI is InChI=1S/C17H15IN4OS/c1-22-16(12-7-3-2-4-8-12)20-21-17(22)24-11-15(23)19-14-10-6-5-9-13(14)18/h2-10H,11H2,1H3,(H,19,23). The first kappa shape index (κ1) is 17.0. The van der Waals surface area contributed by atoms with E-state index in [0.29, 0.717) is 5.16 Å². The van der Waals surface area contributed by atoms with Gasteiger partial charge in [-0.1, -0.05) is 54.2 Å². The van der Waals surface area contributed by atoms with E-state index in [-0.39, 0.29) is 11.7 Å². The van der Waals surface area contributed by atoms with Crippen LogP contribution in [-0.2, 0) is 11.8 Å². The summed E-state index contributed by atoms with van der Waals surface area (Å²) in [7, 11) is 1.91. The molecule has 0 aliphatic carbocycles. The van der Waals surface area contributed by atoms with Crippen molar-refractivity contribution in [3.8, 4) is 11.4 Å². The Hall–Kier alpha value is -1.87. The van der Waals surface area contributed by atoms with Gasteiger partial charge < -0.3 is 9.88 Å².